The highest BCUT2D eigenvalue weighted by Crippen LogP contribution is 2.39. The summed E-state index contributed by atoms with van der Waals surface area (Å²) in [6, 6.07) is 4.36. The minimum absolute atomic E-state index is 0.00702. The first kappa shape index (κ1) is 19.3. The van der Waals surface area contributed by atoms with Gasteiger partial charge in [0, 0.05) is 51.5 Å². The number of amides is 1. The van der Waals surface area contributed by atoms with E-state index >= 15 is 0 Å². The van der Waals surface area contributed by atoms with Crippen LogP contribution in [0.3, 0.4) is 0 Å². The van der Waals surface area contributed by atoms with Crippen molar-refractivity contribution in [3.05, 3.63) is 29.3 Å². The molecule has 0 spiro atoms. The van der Waals surface area contributed by atoms with Crippen molar-refractivity contribution in [3.8, 4) is 0 Å². The van der Waals surface area contributed by atoms with Crippen molar-refractivity contribution in [2.24, 2.45) is 0 Å². The fourth-order valence-corrected chi connectivity index (χ4v) is 4.34. The molecule has 0 saturated carbocycles. The van der Waals surface area contributed by atoms with Gasteiger partial charge in [-0.2, -0.15) is 13.2 Å². The van der Waals surface area contributed by atoms with Crippen molar-refractivity contribution in [2.45, 2.75) is 37.8 Å². The summed E-state index contributed by atoms with van der Waals surface area (Å²) in [5.74, 6) is 0. The minimum atomic E-state index is -4.40. The zero-order valence-corrected chi connectivity index (χ0v) is 15.5. The topological polar surface area (TPSA) is 56.2 Å². The summed E-state index contributed by atoms with van der Waals surface area (Å²) in [7, 11) is 0. The van der Waals surface area contributed by atoms with Crippen LogP contribution >= 0.6 is 0 Å². The molecular formula is C19H24F3N3O3. The Morgan fingerprint density at radius 2 is 1.75 bits per heavy atom. The highest BCUT2D eigenvalue weighted by Gasteiger charge is 2.39. The quantitative estimate of drug-likeness (QED) is 0.847. The van der Waals surface area contributed by atoms with Gasteiger partial charge in [0.05, 0.1) is 17.8 Å². The Bertz CT molecular complexity index is 723. The predicted molar refractivity (Wildman–Crippen MR) is 96.4 cm³/mol. The van der Waals surface area contributed by atoms with Crippen LogP contribution in [0.4, 0.5) is 23.7 Å². The Morgan fingerprint density at radius 3 is 2.32 bits per heavy atom. The molecule has 154 valence electrons. The first-order valence-electron chi connectivity index (χ1n) is 9.60. The summed E-state index contributed by atoms with van der Waals surface area (Å²) in [5, 5.41) is 9.03. The van der Waals surface area contributed by atoms with Gasteiger partial charge in [-0.1, -0.05) is 6.07 Å². The maximum absolute atomic E-state index is 13.6. The lowest BCUT2D eigenvalue weighted by atomic mass is 10.1. The number of fused-ring (bicyclic) bond motifs is 2. The lowest BCUT2D eigenvalue weighted by Crippen LogP contribution is -2.47. The van der Waals surface area contributed by atoms with Crippen molar-refractivity contribution < 1.29 is 27.8 Å². The van der Waals surface area contributed by atoms with Gasteiger partial charge < -0.3 is 19.6 Å². The highest BCUT2D eigenvalue weighted by molar-refractivity contribution is 5.65. The van der Waals surface area contributed by atoms with Crippen LogP contribution in [0.25, 0.3) is 0 Å². The van der Waals surface area contributed by atoms with Crippen LogP contribution in [0.2, 0.25) is 0 Å². The second-order valence-electron chi connectivity index (χ2n) is 7.76. The van der Waals surface area contributed by atoms with Crippen LogP contribution < -0.4 is 4.90 Å². The third-order valence-electron chi connectivity index (χ3n) is 5.80. The van der Waals surface area contributed by atoms with Gasteiger partial charge in [0.15, 0.2) is 0 Å². The monoisotopic (exact) mass is 399 g/mol. The molecule has 3 fully saturated rings. The molecule has 1 aromatic carbocycles. The van der Waals surface area contributed by atoms with Crippen molar-refractivity contribution in [3.63, 3.8) is 0 Å². The first-order chi connectivity index (χ1) is 13.3. The van der Waals surface area contributed by atoms with E-state index in [-0.39, 0.29) is 17.9 Å². The number of morpholine rings is 1. The number of hydrogen-bond acceptors (Lipinski definition) is 4. The van der Waals surface area contributed by atoms with Crippen molar-refractivity contribution in [2.75, 3.05) is 44.2 Å². The van der Waals surface area contributed by atoms with E-state index < -0.39 is 17.8 Å². The van der Waals surface area contributed by atoms with Crippen molar-refractivity contribution >= 4 is 11.8 Å². The molecule has 4 rings (SSSR count). The smallest absolute Gasteiger partial charge is 0.418 e. The zero-order chi connectivity index (χ0) is 19.9. The second kappa shape index (κ2) is 7.44. The summed E-state index contributed by atoms with van der Waals surface area (Å²) in [6.45, 7) is 3.45. The molecule has 9 heteroatoms. The molecule has 0 aromatic heterocycles. The van der Waals surface area contributed by atoms with Crippen LogP contribution in [0.1, 0.15) is 24.0 Å². The van der Waals surface area contributed by atoms with Gasteiger partial charge in [0.2, 0.25) is 0 Å². The van der Waals surface area contributed by atoms with E-state index in [4.69, 9.17) is 9.84 Å². The fourth-order valence-electron chi connectivity index (χ4n) is 4.34. The lowest BCUT2D eigenvalue weighted by molar-refractivity contribution is -0.137. The molecular weight excluding hydrogens is 375 g/mol. The Hall–Kier alpha value is -2.00. The fraction of sp³-hybridized carbons (Fsp3) is 0.632. The van der Waals surface area contributed by atoms with E-state index in [1.165, 1.54) is 17.0 Å². The molecule has 6 nitrogen and oxygen atoms in total. The molecule has 1 aromatic rings. The molecule has 1 N–H and O–H groups in total. The maximum Gasteiger partial charge on any atom is 0.418 e. The number of ether oxygens (including phenoxy) is 1. The van der Waals surface area contributed by atoms with Crippen molar-refractivity contribution in [1.29, 1.82) is 0 Å². The standard InChI is InChI=1S/C19H24F3N3O3/c20-19(21,22)16-4-1-13(10-23-5-7-24(8-6-23)18(26)27)9-17(16)25-11-14-2-3-15(12-25)28-14/h1,4,9,14-15H,2-3,5-8,10-12H2,(H,26,27). The Kier molecular flexibility index (Phi) is 5.13. The lowest BCUT2D eigenvalue weighted by Gasteiger charge is -2.36. The molecule has 3 aliphatic heterocycles. The van der Waals surface area contributed by atoms with E-state index in [1.807, 2.05) is 4.90 Å². The number of hydrogen-bond donors (Lipinski definition) is 1. The summed E-state index contributed by atoms with van der Waals surface area (Å²) < 4.78 is 46.6. The second-order valence-corrected chi connectivity index (χ2v) is 7.76. The predicted octanol–water partition coefficient (Wildman–Crippen LogP) is 2.87. The molecule has 2 atom stereocenters. The third kappa shape index (κ3) is 4.05. The van der Waals surface area contributed by atoms with Crippen LogP contribution in [-0.4, -0.2) is 72.5 Å². The summed E-state index contributed by atoms with van der Waals surface area (Å²) >= 11 is 0. The zero-order valence-electron chi connectivity index (χ0n) is 15.5. The third-order valence-corrected chi connectivity index (χ3v) is 5.80. The number of carboxylic acid groups (broad SMARTS) is 1. The summed E-state index contributed by atoms with van der Waals surface area (Å²) in [5.41, 5.74) is 0.438. The Balaban J connectivity index is 1.52. The number of alkyl halides is 3. The number of halogens is 3. The normalized spacial score (nSPS) is 26.0. The van der Waals surface area contributed by atoms with E-state index in [9.17, 15) is 18.0 Å². The first-order valence-corrected chi connectivity index (χ1v) is 9.60. The SMILES string of the molecule is O=C(O)N1CCN(Cc2ccc(C(F)(F)F)c(N3CC4CCC(C3)O4)c2)CC1. The number of piperazine rings is 1. The molecule has 28 heavy (non-hydrogen) atoms. The Morgan fingerprint density at radius 1 is 1.11 bits per heavy atom. The van der Waals surface area contributed by atoms with E-state index in [0.717, 1.165) is 18.4 Å². The molecule has 3 heterocycles. The van der Waals surface area contributed by atoms with Gasteiger partial charge in [-0.3, -0.25) is 4.90 Å². The molecule has 1 amide bonds. The van der Waals surface area contributed by atoms with Crippen LogP contribution in [0.5, 0.6) is 0 Å². The highest BCUT2D eigenvalue weighted by atomic mass is 19.4. The van der Waals surface area contributed by atoms with Crippen molar-refractivity contribution in [1.82, 2.24) is 9.80 Å². The minimum Gasteiger partial charge on any atom is -0.465 e. The van der Waals surface area contributed by atoms with Gasteiger partial charge >= 0.3 is 12.3 Å². The Labute approximate surface area is 161 Å². The summed E-state index contributed by atoms with van der Waals surface area (Å²) in [4.78, 5) is 16.3. The van der Waals surface area contributed by atoms with Gasteiger partial charge in [-0.15, -0.1) is 0 Å². The van der Waals surface area contributed by atoms with Gasteiger partial charge in [-0.05, 0) is 30.5 Å². The molecule has 2 bridgehead atoms. The van der Waals surface area contributed by atoms with E-state index in [1.54, 1.807) is 6.07 Å². The van der Waals surface area contributed by atoms with Crippen LogP contribution in [0.15, 0.2) is 18.2 Å². The van der Waals surface area contributed by atoms with Crippen LogP contribution in [0, 0.1) is 0 Å². The largest absolute Gasteiger partial charge is 0.465 e. The number of nitrogens with zero attached hydrogens (tertiary/aromatic N) is 3. The van der Waals surface area contributed by atoms with Crippen LogP contribution in [-0.2, 0) is 17.5 Å². The molecule has 0 aliphatic carbocycles. The van der Waals surface area contributed by atoms with Gasteiger partial charge in [-0.25, -0.2) is 4.79 Å². The van der Waals surface area contributed by atoms with E-state index in [2.05, 4.69) is 4.90 Å². The molecule has 3 aliphatic rings. The number of benzene rings is 1. The maximum atomic E-state index is 13.6. The number of rotatable bonds is 3. The van der Waals surface area contributed by atoms with Gasteiger partial charge in [0.1, 0.15) is 0 Å². The average Bonchev–Trinajstić information content (AvgIpc) is 2.99. The molecule has 2 unspecified atom stereocenters. The molecule has 0 radical (unpaired) electrons. The van der Waals surface area contributed by atoms with Gasteiger partial charge in [0.25, 0.3) is 0 Å². The van der Waals surface area contributed by atoms with E-state index in [0.29, 0.717) is 45.8 Å². The average molecular weight is 399 g/mol. The molecule has 3 saturated heterocycles. The number of carbonyl (C=O) groups is 1. The summed E-state index contributed by atoms with van der Waals surface area (Å²) in [6.07, 6.45) is -3.52. The number of anilines is 1.